The van der Waals surface area contributed by atoms with Crippen molar-refractivity contribution >= 4 is 0 Å². The number of hydrogen-bond donors (Lipinski definition) is 2. The number of rotatable bonds is 6. The summed E-state index contributed by atoms with van der Waals surface area (Å²) in [5.41, 5.74) is 0.916. The molecule has 0 aromatic heterocycles. The van der Waals surface area contributed by atoms with Gasteiger partial charge in [-0.05, 0) is 45.8 Å². The van der Waals surface area contributed by atoms with Gasteiger partial charge in [0.2, 0.25) is 0 Å². The summed E-state index contributed by atoms with van der Waals surface area (Å²) in [5.74, 6) is 0.974. The molecule has 0 aliphatic carbocycles. The predicted molar refractivity (Wildman–Crippen MR) is 81.3 cm³/mol. The first kappa shape index (κ1) is 15.1. The minimum Gasteiger partial charge on any atom is -0.507 e. The van der Waals surface area contributed by atoms with Crippen LogP contribution in [-0.2, 0) is 0 Å². The van der Waals surface area contributed by atoms with E-state index in [1.54, 1.807) is 13.2 Å². The number of likely N-dealkylation sites (tertiary alicyclic amines) is 1. The Balaban J connectivity index is 1.89. The summed E-state index contributed by atoms with van der Waals surface area (Å²) in [6.07, 6.45) is 2.64. The lowest BCUT2D eigenvalue weighted by molar-refractivity contribution is 0.246. The Morgan fingerprint density at radius 3 is 2.60 bits per heavy atom. The van der Waals surface area contributed by atoms with Gasteiger partial charge in [-0.2, -0.15) is 0 Å². The molecule has 1 aliphatic heterocycles. The Bertz CT molecular complexity index is 430. The zero-order valence-electron chi connectivity index (χ0n) is 12.7. The summed E-state index contributed by atoms with van der Waals surface area (Å²) in [4.78, 5) is 2.52. The van der Waals surface area contributed by atoms with Crippen LogP contribution in [0.2, 0.25) is 0 Å². The number of phenolic OH excluding ortho intramolecular Hbond substituents is 1. The largest absolute Gasteiger partial charge is 0.507 e. The lowest BCUT2D eigenvalue weighted by atomic mass is 10.1. The van der Waals surface area contributed by atoms with Crippen LogP contribution in [0.3, 0.4) is 0 Å². The molecule has 20 heavy (non-hydrogen) atoms. The molecule has 1 aromatic carbocycles. The average molecular weight is 278 g/mol. The maximum absolute atomic E-state index is 10.0. The molecule has 112 valence electrons. The number of hydrogen-bond acceptors (Lipinski definition) is 4. The highest BCUT2D eigenvalue weighted by Crippen LogP contribution is 2.28. The molecule has 4 heteroatoms. The van der Waals surface area contributed by atoms with E-state index in [9.17, 15) is 5.11 Å². The first-order chi connectivity index (χ1) is 9.61. The molecule has 1 fully saturated rings. The van der Waals surface area contributed by atoms with Gasteiger partial charge in [-0.1, -0.05) is 6.07 Å². The number of benzene rings is 1. The van der Waals surface area contributed by atoms with Crippen molar-refractivity contribution in [2.45, 2.75) is 38.8 Å². The first-order valence-electron chi connectivity index (χ1n) is 7.46. The second-order valence-corrected chi connectivity index (χ2v) is 5.65. The van der Waals surface area contributed by atoms with Crippen molar-refractivity contribution in [3.05, 3.63) is 23.8 Å². The van der Waals surface area contributed by atoms with Crippen LogP contribution in [-0.4, -0.2) is 42.8 Å². The number of aromatic hydroxyl groups is 1. The molecule has 0 amide bonds. The van der Waals surface area contributed by atoms with Crippen molar-refractivity contribution in [2.24, 2.45) is 0 Å². The van der Waals surface area contributed by atoms with E-state index in [1.807, 2.05) is 12.1 Å². The second kappa shape index (κ2) is 6.95. The minimum atomic E-state index is 0.131. The number of phenols is 1. The van der Waals surface area contributed by atoms with Crippen LogP contribution >= 0.6 is 0 Å². The summed E-state index contributed by atoms with van der Waals surface area (Å²) in [6.45, 7) is 7.71. The third kappa shape index (κ3) is 3.64. The van der Waals surface area contributed by atoms with Gasteiger partial charge in [0.1, 0.15) is 11.5 Å². The van der Waals surface area contributed by atoms with E-state index in [4.69, 9.17) is 4.74 Å². The molecule has 2 atom stereocenters. The zero-order valence-corrected chi connectivity index (χ0v) is 12.7. The Labute approximate surface area is 121 Å². The van der Waals surface area contributed by atoms with Crippen molar-refractivity contribution in [3.8, 4) is 11.5 Å². The third-order valence-corrected chi connectivity index (χ3v) is 4.19. The highest BCUT2D eigenvalue weighted by Gasteiger charge is 2.19. The maximum atomic E-state index is 10.0. The van der Waals surface area contributed by atoms with Gasteiger partial charge in [0.05, 0.1) is 7.11 Å². The molecule has 0 saturated carbocycles. The standard InChI is InChI=1S/C16H26N2O2/c1-12(18-8-4-5-9-18)11-17-13(2)15-7-6-14(20-3)10-16(15)19/h6-7,10,12-13,17,19H,4-5,8-9,11H2,1-3H3. The number of ether oxygens (including phenoxy) is 1. The van der Waals surface area contributed by atoms with Gasteiger partial charge < -0.3 is 15.2 Å². The van der Waals surface area contributed by atoms with Crippen LogP contribution in [0, 0.1) is 0 Å². The Hall–Kier alpha value is -1.26. The molecular weight excluding hydrogens is 252 g/mol. The molecule has 1 aliphatic rings. The van der Waals surface area contributed by atoms with Crippen LogP contribution in [0.4, 0.5) is 0 Å². The SMILES string of the molecule is COc1ccc(C(C)NCC(C)N2CCCC2)c(O)c1. The lowest BCUT2D eigenvalue weighted by Crippen LogP contribution is -2.39. The molecule has 1 aromatic rings. The van der Waals surface area contributed by atoms with Crippen LogP contribution in [0.1, 0.15) is 38.3 Å². The van der Waals surface area contributed by atoms with Crippen molar-refractivity contribution in [3.63, 3.8) is 0 Å². The molecule has 2 unspecified atom stereocenters. The van der Waals surface area contributed by atoms with Gasteiger partial charge in [-0.25, -0.2) is 0 Å². The molecule has 1 saturated heterocycles. The van der Waals surface area contributed by atoms with Crippen molar-refractivity contribution < 1.29 is 9.84 Å². The van der Waals surface area contributed by atoms with E-state index in [1.165, 1.54) is 25.9 Å². The molecule has 4 nitrogen and oxygen atoms in total. The topological polar surface area (TPSA) is 44.7 Å². The van der Waals surface area contributed by atoms with Gasteiger partial charge >= 0.3 is 0 Å². The van der Waals surface area contributed by atoms with Crippen LogP contribution in [0.5, 0.6) is 11.5 Å². The first-order valence-corrected chi connectivity index (χ1v) is 7.46. The normalized spacial score (nSPS) is 18.9. The Morgan fingerprint density at radius 1 is 1.30 bits per heavy atom. The fraction of sp³-hybridized carbons (Fsp3) is 0.625. The van der Waals surface area contributed by atoms with Crippen molar-refractivity contribution in [1.29, 1.82) is 0 Å². The van der Waals surface area contributed by atoms with Gasteiger partial charge in [0.15, 0.2) is 0 Å². The summed E-state index contributed by atoms with van der Waals surface area (Å²) < 4.78 is 5.11. The van der Waals surface area contributed by atoms with Gasteiger partial charge in [-0.15, -0.1) is 0 Å². The highest BCUT2D eigenvalue weighted by atomic mass is 16.5. The summed E-state index contributed by atoms with van der Waals surface area (Å²) in [7, 11) is 1.61. The lowest BCUT2D eigenvalue weighted by Gasteiger charge is -2.26. The van der Waals surface area contributed by atoms with E-state index < -0.39 is 0 Å². The summed E-state index contributed by atoms with van der Waals surface area (Å²) in [5, 5.41) is 13.6. The highest BCUT2D eigenvalue weighted by molar-refractivity contribution is 5.41. The Kier molecular flexibility index (Phi) is 5.26. The zero-order chi connectivity index (χ0) is 14.5. The number of nitrogens with one attached hydrogen (secondary N) is 1. The molecular formula is C16H26N2O2. The van der Waals surface area contributed by atoms with Crippen molar-refractivity contribution in [2.75, 3.05) is 26.7 Å². The fourth-order valence-corrected chi connectivity index (χ4v) is 2.79. The predicted octanol–water partition coefficient (Wildman–Crippen LogP) is 2.54. The molecule has 0 radical (unpaired) electrons. The quantitative estimate of drug-likeness (QED) is 0.839. The minimum absolute atomic E-state index is 0.131. The smallest absolute Gasteiger partial charge is 0.124 e. The monoisotopic (exact) mass is 278 g/mol. The van der Waals surface area contributed by atoms with E-state index in [-0.39, 0.29) is 11.8 Å². The molecule has 2 N–H and O–H groups in total. The van der Waals surface area contributed by atoms with Crippen LogP contribution in [0.15, 0.2) is 18.2 Å². The molecule has 0 spiro atoms. The maximum Gasteiger partial charge on any atom is 0.124 e. The molecule has 0 bridgehead atoms. The van der Waals surface area contributed by atoms with E-state index in [0.717, 1.165) is 12.1 Å². The fourth-order valence-electron chi connectivity index (χ4n) is 2.79. The van der Waals surface area contributed by atoms with Crippen molar-refractivity contribution in [1.82, 2.24) is 10.2 Å². The Morgan fingerprint density at radius 2 is 2.00 bits per heavy atom. The molecule has 2 rings (SSSR count). The summed E-state index contributed by atoms with van der Waals surface area (Å²) in [6, 6.07) is 6.15. The van der Waals surface area contributed by atoms with E-state index in [2.05, 4.69) is 24.1 Å². The van der Waals surface area contributed by atoms with E-state index >= 15 is 0 Å². The van der Waals surface area contributed by atoms with Crippen LogP contribution < -0.4 is 10.1 Å². The van der Waals surface area contributed by atoms with Gasteiger partial charge in [0.25, 0.3) is 0 Å². The number of nitrogens with zero attached hydrogens (tertiary/aromatic N) is 1. The number of methoxy groups -OCH3 is 1. The third-order valence-electron chi connectivity index (χ3n) is 4.19. The molecule has 1 heterocycles. The average Bonchev–Trinajstić information content (AvgIpc) is 2.98. The van der Waals surface area contributed by atoms with Gasteiger partial charge in [-0.3, -0.25) is 4.90 Å². The van der Waals surface area contributed by atoms with E-state index in [0.29, 0.717) is 11.8 Å². The second-order valence-electron chi connectivity index (χ2n) is 5.65. The van der Waals surface area contributed by atoms with Gasteiger partial charge in [0, 0.05) is 30.3 Å². The summed E-state index contributed by atoms with van der Waals surface area (Å²) >= 11 is 0. The van der Waals surface area contributed by atoms with Crippen LogP contribution in [0.25, 0.3) is 0 Å².